The van der Waals surface area contributed by atoms with Crippen molar-refractivity contribution in [3.05, 3.63) is 33.8 Å². The third kappa shape index (κ3) is 2.46. The second-order valence-electron chi connectivity index (χ2n) is 4.44. The van der Waals surface area contributed by atoms with Gasteiger partial charge in [-0.2, -0.15) is 0 Å². The number of carbonyl (C=O) groups excluding carboxylic acids is 1. The van der Waals surface area contributed by atoms with Crippen LogP contribution in [0.15, 0.2) is 22.7 Å². The van der Waals surface area contributed by atoms with Crippen molar-refractivity contribution in [2.24, 2.45) is 5.92 Å². The highest BCUT2D eigenvalue weighted by Gasteiger charge is 2.19. The van der Waals surface area contributed by atoms with Gasteiger partial charge < -0.3 is 5.32 Å². The molecule has 3 heteroatoms. The van der Waals surface area contributed by atoms with Crippen molar-refractivity contribution in [2.45, 2.75) is 26.2 Å². The summed E-state index contributed by atoms with van der Waals surface area (Å²) in [6.07, 6.45) is 3.83. The molecule has 1 aromatic rings. The van der Waals surface area contributed by atoms with Crippen LogP contribution < -0.4 is 5.32 Å². The first-order chi connectivity index (χ1) is 7.68. The van der Waals surface area contributed by atoms with E-state index in [4.69, 9.17) is 0 Å². The molecule has 0 aromatic heterocycles. The molecule has 2 rings (SSSR count). The van der Waals surface area contributed by atoms with Gasteiger partial charge in [-0.15, -0.1) is 0 Å². The number of hydrogen-bond donors (Lipinski definition) is 1. The molecule has 1 saturated carbocycles. The normalized spacial score (nSPS) is 15.6. The predicted octanol–water partition coefficient (Wildman–Crippen LogP) is 3.29. The Morgan fingerprint density at radius 2 is 2.25 bits per heavy atom. The zero-order chi connectivity index (χ0) is 11.5. The van der Waals surface area contributed by atoms with Gasteiger partial charge >= 0.3 is 0 Å². The van der Waals surface area contributed by atoms with Gasteiger partial charge in [0.2, 0.25) is 0 Å². The first-order valence-corrected chi connectivity index (χ1v) is 6.51. The number of nitrogens with one attached hydrogen (secondary N) is 1. The van der Waals surface area contributed by atoms with E-state index in [0.717, 1.165) is 22.1 Å². The number of carbonyl (C=O) groups is 1. The first-order valence-electron chi connectivity index (χ1n) is 5.72. The molecule has 0 atom stereocenters. The van der Waals surface area contributed by atoms with Crippen LogP contribution in [0.2, 0.25) is 0 Å². The molecule has 1 fully saturated rings. The minimum atomic E-state index is 0.0301. The zero-order valence-corrected chi connectivity index (χ0v) is 11.0. The Kier molecular flexibility index (Phi) is 3.64. The number of amides is 1. The molecule has 1 aromatic carbocycles. The molecule has 86 valence electrons. The van der Waals surface area contributed by atoms with Gasteiger partial charge in [0.05, 0.1) is 5.56 Å². The highest BCUT2D eigenvalue weighted by Crippen LogP contribution is 2.26. The Balaban J connectivity index is 1.99. The van der Waals surface area contributed by atoms with Crippen molar-refractivity contribution >= 4 is 21.8 Å². The van der Waals surface area contributed by atoms with Crippen LogP contribution in [-0.4, -0.2) is 12.5 Å². The molecule has 0 saturated heterocycles. The summed E-state index contributed by atoms with van der Waals surface area (Å²) in [5.41, 5.74) is 1.83. The van der Waals surface area contributed by atoms with Gasteiger partial charge in [-0.25, -0.2) is 0 Å². The van der Waals surface area contributed by atoms with Gasteiger partial charge in [0.1, 0.15) is 0 Å². The maximum Gasteiger partial charge on any atom is 0.252 e. The fourth-order valence-corrected chi connectivity index (χ4v) is 2.30. The Labute approximate surface area is 105 Å². The second kappa shape index (κ2) is 5.00. The van der Waals surface area contributed by atoms with E-state index in [1.54, 1.807) is 0 Å². The molecule has 2 nitrogen and oxygen atoms in total. The van der Waals surface area contributed by atoms with E-state index in [1.165, 1.54) is 19.3 Å². The lowest BCUT2D eigenvalue weighted by Gasteiger charge is -2.25. The smallest absolute Gasteiger partial charge is 0.252 e. The lowest BCUT2D eigenvalue weighted by Crippen LogP contribution is -2.32. The van der Waals surface area contributed by atoms with Crippen LogP contribution >= 0.6 is 15.9 Å². The molecule has 1 amide bonds. The van der Waals surface area contributed by atoms with Gasteiger partial charge in [0, 0.05) is 11.0 Å². The fraction of sp³-hybridized carbons (Fsp3) is 0.462. The molecule has 1 aliphatic carbocycles. The van der Waals surface area contributed by atoms with Gasteiger partial charge in [0.15, 0.2) is 0 Å². The Morgan fingerprint density at radius 1 is 1.50 bits per heavy atom. The van der Waals surface area contributed by atoms with E-state index in [-0.39, 0.29) is 5.91 Å². The maximum atomic E-state index is 11.9. The highest BCUT2D eigenvalue weighted by molar-refractivity contribution is 9.10. The summed E-state index contributed by atoms with van der Waals surface area (Å²) in [6.45, 7) is 2.81. The van der Waals surface area contributed by atoms with Crippen LogP contribution in [0.1, 0.15) is 35.2 Å². The molecular weight excluding hydrogens is 266 g/mol. The topological polar surface area (TPSA) is 29.1 Å². The van der Waals surface area contributed by atoms with Crippen molar-refractivity contribution in [1.29, 1.82) is 0 Å². The molecule has 0 aliphatic heterocycles. The van der Waals surface area contributed by atoms with Crippen molar-refractivity contribution < 1.29 is 4.79 Å². The predicted molar refractivity (Wildman–Crippen MR) is 68.6 cm³/mol. The van der Waals surface area contributed by atoms with E-state index in [2.05, 4.69) is 21.2 Å². The summed E-state index contributed by atoms with van der Waals surface area (Å²) in [5, 5.41) is 3.00. The lowest BCUT2D eigenvalue weighted by atomic mass is 9.85. The molecule has 0 heterocycles. The van der Waals surface area contributed by atoms with Crippen LogP contribution in [0.25, 0.3) is 0 Å². The molecular formula is C13H16BrNO. The average Bonchev–Trinajstić information content (AvgIpc) is 2.19. The van der Waals surface area contributed by atoms with Crippen molar-refractivity contribution in [3.8, 4) is 0 Å². The van der Waals surface area contributed by atoms with Crippen LogP contribution in [-0.2, 0) is 0 Å². The summed E-state index contributed by atoms with van der Waals surface area (Å²) in [5.74, 6) is 0.731. The second-order valence-corrected chi connectivity index (χ2v) is 5.24. The Hall–Kier alpha value is -0.830. The maximum absolute atomic E-state index is 11.9. The minimum Gasteiger partial charge on any atom is -0.352 e. The molecule has 0 unspecified atom stereocenters. The quantitative estimate of drug-likeness (QED) is 0.905. The summed E-state index contributed by atoms with van der Waals surface area (Å²) in [4.78, 5) is 11.9. The van der Waals surface area contributed by atoms with Crippen LogP contribution in [0, 0.1) is 12.8 Å². The zero-order valence-electron chi connectivity index (χ0n) is 9.42. The van der Waals surface area contributed by atoms with E-state index in [1.807, 2.05) is 25.1 Å². The monoisotopic (exact) mass is 281 g/mol. The Bertz CT molecular complexity index is 399. The van der Waals surface area contributed by atoms with Crippen molar-refractivity contribution in [1.82, 2.24) is 5.32 Å². The van der Waals surface area contributed by atoms with E-state index >= 15 is 0 Å². The van der Waals surface area contributed by atoms with Crippen LogP contribution in [0.3, 0.4) is 0 Å². The van der Waals surface area contributed by atoms with Gasteiger partial charge in [-0.05, 0) is 53.2 Å². The number of aryl methyl sites for hydroxylation is 1. The lowest BCUT2D eigenvalue weighted by molar-refractivity contribution is 0.0938. The van der Waals surface area contributed by atoms with E-state index < -0.39 is 0 Å². The number of hydrogen-bond acceptors (Lipinski definition) is 1. The summed E-state index contributed by atoms with van der Waals surface area (Å²) >= 11 is 3.46. The summed E-state index contributed by atoms with van der Waals surface area (Å²) in [7, 11) is 0. The molecule has 16 heavy (non-hydrogen) atoms. The van der Waals surface area contributed by atoms with Gasteiger partial charge in [-0.3, -0.25) is 4.79 Å². The Morgan fingerprint density at radius 3 is 2.88 bits per heavy atom. The van der Waals surface area contributed by atoms with E-state index in [0.29, 0.717) is 5.92 Å². The standard InChI is InChI=1S/C13H16BrNO/c1-9-4-2-7-11(12(9)14)13(16)15-8-10-5-3-6-10/h2,4,7,10H,3,5-6,8H2,1H3,(H,15,16). The van der Waals surface area contributed by atoms with E-state index in [9.17, 15) is 4.79 Å². The fourth-order valence-electron chi connectivity index (χ4n) is 1.85. The number of benzene rings is 1. The average molecular weight is 282 g/mol. The largest absolute Gasteiger partial charge is 0.352 e. The third-order valence-corrected chi connectivity index (χ3v) is 4.27. The third-order valence-electron chi connectivity index (χ3n) is 3.21. The van der Waals surface area contributed by atoms with Gasteiger partial charge in [-0.1, -0.05) is 18.6 Å². The summed E-state index contributed by atoms with van der Waals surface area (Å²) in [6, 6.07) is 5.76. The highest BCUT2D eigenvalue weighted by atomic mass is 79.9. The minimum absolute atomic E-state index is 0.0301. The van der Waals surface area contributed by atoms with Crippen molar-refractivity contribution in [2.75, 3.05) is 6.54 Å². The molecule has 1 N–H and O–H groups in total. The SMILES string of the molecule is Cc1cccc(C(=O)NCC2CCC2)c1Br. The van der Waals surface area contributed by atoms with Crippen molar-refractivity contribution in [3.63, 3.8) is 0 Å². The van der Waals surface area contributed by atoms with Crippen LogP contribution in [0.4, 0.5) is 0 Å². The first kappa shape index (κ1) is 11.6. The molecule has 1 aliphatic rings. The van der Waals surface area contributed by atoms with Gasteiger partial charge in [0.25, 0.3) is 5.91 Å². The molecule has 0 bridgehead atoms. The number of rotatable bonds is 3. The molecule has 0 radical (unpaired) electrons. The molecule has 0 spiro atoms. The number of halogens is 1. The van der Waals surface area contributed by atoms with Crippen LogP contribution in [0.5, 0.6) is 0 Å². The summed E-state index contributed by atoms with van der Waals surface area (Å²) < 4.78 is 0.904.